The molecule has 1 aromatic carbocycles. The molecular weight excluding hydrogens is 269 g/mol. The molecule has 0 saturated carbocycles. The van der Waals surface area contributed by atoms with Gasteiger partial charge in [0.1, 0.15) is 0 Å². The number of likely N-dealkylation sites (N-methyl/N-ethyl adjacent to an activating group) is 1. The maximum atomic E-state index is 13.2. The van der Waals surface area contributed by atoms with Crippen LogP contribution >= 0.6 is 0 Å². The van der Waals surface area contributed by atoms with E-state index >= 15 is 0 Å². The van der Waals surface area contributed by atoms with Crippen LogP contribution in [0.2, 0.25) is 0 Å². The van der Waals surface area contributed by atoms with Gasteiger partial charge in [0.2, 0.25) is 0 Å². The number of rotatable bonds is 2. The van der Waals surface area contributed by atoms with Crippen molar-refractivity contribution in [3.05, 3.63) is 35.1 Å². The van der Waals surface area contributed by atoms with E-state index in [1.165, 1.54) is 0 Å². The highest BCUT2D eigenvalue weighted by atomic mass is 19.2. The molecule has 0 aliphatic carbocycles. The molecule has 1 saturated heterocycles. The summed E-state index contributed by atoms with van der Waals surface area (Å²) in [5.74, 6) is -4.69. The Morgan fingerprint density at radius 2 is 1.85 bits per heavy atom. The highest BCUT2D eigenvalue weighted by Gasteiger charge is 2.26. The summed E-state index contributed by atoms with van der Waals surface area (Å²) in [6.07, 6.45) is 1.81. The molecule has 1 aliphatic rings. The maximum Gasteiger partial charge on any atom is 0.254 e. The summed E-state index contributed by atoms with van der Waals surface area (Å²) in [6.45, 7) is 1.05. The standard InChI is InChI=1S/C14H17F3N2O/c1-18(2)10-4-3-5-19(8-10)14(20)9-6-11(15)13(17)12(16)7-9/h6-7,10H,3-5,8H2,1-2H3. The van der Waals surface area contributed by atoms with Gasteiger partial charge in [-0.1, -0.05) is 0 Å². The first kappa shape index (κ1) is 14.8. The Balaban J connectivity index is 2.19. The Morgan fingerprint density at radius 1 is 1.25 bits per heavy atom. The zero-order valence-corrected chi connectivity index (χ0v) is 11.5. The van der Waals surface area contributed by atoms with E-state index in [0.717, 1.165) is 25.0 Å². The third-order valence-electron chi connectivity index (χ3n) is 3.64. The number of benzene rings is 1. The van der Waals surface area contributed by atoms with Crippen molar-refractivity contribution >= 4 is 5.91 Å². The number of halogens is 3. The van der Waals surface area contributed by atoms with Gasteiger partial charge >= 0.3 is 0 Å². The van der Waals surface area contributed by atoms with Crippen LogP contribution in [0.25, 0.3) is 0 Å². The van der Waals surface area contributed by atoms with Crippen molar-refractivity contribution < 1.29 is 18.0 Å². The number of hydrogen-bond acceptors (Lipinski definition) is 2. The molecule has 1 fully saturated rings. The fraction of sp³-hybridized carbons (Fsp3) is 0.500. The van der Waals surface area contributed by atoms with E-state index in [0.29, 0.717) is 13.1 Å². The fourth-order valence-corrected chi connectivity index (χ4v) is 2.42. The summed E-state index contributed by atoms with van der Waals surface area (Å²) in [6, 6.07) is 1.72. The molecular formula is C14H17F3N2O. The van der Waals surface area contributed by atoms with Crippen molar-refractivity contribution in [3.63, 3.8) is 0 Å². The van der Waals surface area contributed by atoms with E-state index in [9.17, 15) is 18.0 Å². The second kappa shape index (κ2) is 5.83. The Labute approximate surface area is 116 Å². The van der Waals surface area contributed by atoms with E-state index in [4.69, 9.17) is 0 Å². The van der Waals surface area contributed by atoms with E-state index in [2.05, 4.69) is 0 Å². The Kier molecular flexibility index (Phi) is 4.32. The lowest BCUT2D eigenvalue weighted by Gasteiger charge is -2.36. The lowest BCUT2D eigenvalue weighted by Crippen LogP contribution is -2.47. The van der Waals surface area contributed by atoms with Gasteiger partial charge in [-0.2, -0.15) is 0 Å². The van der Waals surface area contributed by atoms with Crippen LogP contribution in [0.15, 0.2) is 12.1 Å². The number of hydrogen-bond donors (Lipinski definition) is 0. The Bertz CT molecular complexity index is 496. The van der Waals surface area contributed by atoms with Crippen molar-refractivity contribution in [1.82, 2.24) is 9.80 Å². The smallest absolute Gasteiger partial charge is 0.254 e. The summed E-state index contributed by atoms with van der Waals surface area (Å²) < 4.78 is 39.3. The molecule has 110 valence electrons. The molecule has 1 heterocycles. The molecule has 20 heavy (non-hydrogen) atoms. The molecule has 2 rings (SSSR count). The van der Waals surface area contributed by atoms with Gasteiger partial charge in [-0.3, -0.25) is 4.79 Å². The van der Waals surface area contributed by atoms with Crippen molar-refractivity contribution in [2.24, 2.45) is 0 Å². The van der Waals surface area contributed by atoms with Crippen molar-refractivity contribution in [3.8, 4) is 0 Å². The predicted molar refractivity (Wildman–Crippen MR) is 68.9 cm³/mol. The van der Waals surface area contributed by atoms with Crippen LogP contribution in [-0.2, 0) is 0 Å². The second-order valence-corrected chi connectivity index (χ2v) is 5.26. The number of piperidine rings is 1. The lowest BCUT2D eigenvalue weighted by molar-refractivity contribution is 0.0634. The minimum Gasteiger partial charge on any atom is -0.337 e. The fourth-order valence-electron chi connectivity index (χ4n) is 2.42. The molecule has 0 aromatic heterocycles. The number of amides is 1. The third kappa shape index (κ3) is 2.95. The van der Waals surface area contributed by atoms with Gasteiger partial charge < -0.3 is 9.80 Å². The van der Waals surface area contributed by atoms with Crippen LogP contribution in [0.1, 0.15) is 23.2 Å². The summed E-state index contributed by atoms with van der Waals surface area (Å²) in [5, 5.41) is 0. The number of nitrogens with zero attached hydrogens (tertiary/aromatic N) is 2. The quantitative estimate of drug-likeness (QED) is 0.779. The predicted octanol–water partition coefficient (Wildman–Crippen LogP) is 2.27. The van der Waals surface area contributed by atoms with E-state index in [1.807, 2.05) is 19.0 Å². The minimum atomic E-state index is -1.55. The van der Waals surface area contributed by atoms with Crippen LogP contribution in [-0.4, -0.2) is 48.9 Å². The molecule has 1 unspecified atom stereocenters. The summed E-state index contributed by atoms with van der Waals surface area (Å²) in [5.41, 5.74) is -0.152. The molecule has 1 atom stereocenters. The average molecular weight is 286 g/mol. The number of carbonyl (C=O) groups excluding carboxylic acids is 1. The molecule has 1 aliphatic heterocycles. The Hall–Kier alpha value is -1.56. The number of carbonyl (C=O) groups is 1. The van der Waals surface area contributed by atoms with Crippen LogP contribution in [0.4, 0.5) is 13.2 Å². The third-order valence-corrected chi connectivity index (χ3v) is 3.64. The van der Waals surface area contributed by atoms with E-state index < -0.39 is 23.4 Å². The minimum absolute atomic E-state index is 0.152. The molecule has 1 amide bonds. The second-order valence-electron chi connectivity index (χ2n) is 5.26. The summed E-state index contributed by atoms with van der Waals surface area (Å²) in [7, 11) is 3.85. The molecule has 6 heteroatoms. The largest absolute Gasteiger partial charge is 0.337 e. The van der Waals surface area contributed by atoms with Gasteiger partial charge in [0.25, 0.3) is 5.91 Å². The SMILES string of the molecule is CN(C)C1CCCN(C(=O)c2cc(F)c(F)c(F)c2)C1. The van der Waals surface area contributed by atoms with Gasteiger partial charge in [-0.15, -0.1) is 0 Å². The summed E-state index contributed by atoms with van der Waals surface area (Å²) in [4.78, 5) is 15.8. The van der Waals surface area contributed by atoms with Crippen LogP contribution < -0.4 is 0 Å². The van der Waals surface area contributed by atoms with Gasteiger partial charge in [0.05, 0.1) is 0 Å². The molecule has 1 aromatic rings. The maximum absolute atomic E-state index is 13.2. The average Bonchev–Trinajstić information content (AvgIpc) is 2.43. The zero-order chi connectivity index (χ0) is 14.9. The molecule has 0 N–H and O–H groups in total. The first-order valence-corrected chi connectivity index (χ1v) is 6.50. The summed E-state index contributed by atoms with van der Waals surface area (Å²) >= 11 is 0. The topological polar surface area (TPSA) is 23.6 Å². The van der Waals surface area contributed by atoms with Crippen molar-refractivity contribution in [1.29, 1.82) is 0 Å². The first-order chi connectivity index (χ1) is 9.40. The van der Waals surface area contributed by atoms with Crippen molar-refractivity contribution in [2.75, 3.05) is 27.2 Å². The van der Waals surface area contributed by atoms with Crippen LogP contribution in [0.3, 0.4) is 0 Å². The van der Waals surface area contributed by atoms with Gasteiger partial charge in [-0.05, 0) is 39.1 Å². The van der Waals surface area contributed by atoms with Crippen LogP contribution in [0, 0.1) is 17.5 Å². The molecule has 0 radical (unpaired) electrons. The van der Waals surface area contributed by atoms with Gasteiger partial charge in [0, 0.05) is 24.7 Å². The van der Waals surface area contributed by atoms with Gasteiger partial charge in [0.15, 0.2) is 17.5 Å². The Morgan fingerprint density at radius 3 is 2.40 bits per heavy atom. The normalized spacial score (nSPS) is 19.5. The van der Waals surface area contributed by atoms with E-state index in [1.54, 1.807) is 4.90 Å². The van der Waals surface area contributed by atoms with Crippen molar-refractivity contribution in [2.45, 2.75) is 18.9 Å². The van der Waals surface area contributed by atoms with E-state index in [-0.39, 0.29) is 11.6 Å². The molecule has 0 bridgehead atoms. The highest BCUT2D eigenvalue weighted by molar-refractivity contribution is 5.94. The monoisotopic (exact) mass is 286 g/mol. The number of likely N-dealkylation sites (tertiary alicyclic amines) is 1. The molecule has 3 nitrogen and oxygen atoms in total. The zero-order valence-electron chi connectivity index (χ0n) is 11.5. The molecule has 0 spiro atoms. The van der Waals surface area contributed by atoms with Crippen LogP contribution in [0.5, 0.6) is 0 Å². The van der Waals surface area contributed by atoms with Gasteiger partial charge in [-0.25, -0.2) is 13.2 Å². The highest BCUT2D eigenvalue weighted by Crippen LogP contribution is 2.19. The first-order valence-electron chi connectivity index (χ1n) is 6.50. The lowest BCUT2D eigenvalue weighted by atomic mass is 10.0.